The van der Waals surface area contributed by atoms with Crippen molar-refractivity contribution in [1.82, 2.24) is 0 Å². The van der Waals surface area contributed by atoms with E-state index in [4.69, 9.17) is 9.84 Å². The van der Waals surface area contributed by atoms with E-state index >= 15 is 0 Å². The predicted molar refractivity (Wildman–Crippen MR) is 142 cm³/mol. The zero-order valence-electron chi connectivity index (χ0n) is 22.9. The standard InChI is InChI=1S/C16H30O2.C7H12O3.C5H8O2/c1-4-5-6-7-8-9-10-11-12-13-14-18-16(17)15(2)3;1-6(2)7(9)10-5-3-4-8;1-4(2)5(6)7-3/h2,4-14H2,1,3H3;8H,1,3-5H2,2H3;1H2,2-3H3. The molecule has 204 valence electrons. The molecule has 0 unspecified atom stereocenters. The van der Waals surface area contributed by atoms with E-state index in [1.807, 2.05) is 0 Å². The summed E-state index contributed by atoms with van der Waals surface area (Å²) in [5.41, 5.74) is 1.31. The van der Waals surface area contributed by atoms with Crippen molar-refractivity contribution in [3.05, 3.63) is 36.5 Å². The van der Waals surface area contributed by atoms with Crippen molar-refractivity contribution in [3.63, 3.8) is 0 Å². The number of hydrogen-bond acceptors (Lipinski definition) is 7. The van der Waals surface area contributed by atoms with Crippen molar-refractivity contribution in [3.8, 4) is 0 Å². The van der Waals surface area contributed by atoms with Gasteiger partial charge in [0.15, 0.2) is 0 Å². The van der Waals surface area contributed by atoms with Crippen LogP contribution in [-0.4, -0.2) is 49.9 Å². The predicted octanol–water partition coefficient (Wildman–Crippen LogP) is 6.25. The lowest BCUT2D eigenvalue weighted by Crippen LogP contribution is -2.06. The second-order valence-corrected chi connectivity index (χ2v) is 8.36. The van der Waals surface area contributed by atoms with E-state index in [0.29, 0.717) is 29.7 Å². The van der Waals surface area contributed by atoms with Crippen LogP contribution in [0.5, 0.6) is 0 Å². The molecule has 7 nitrogen and oxygen atoms in total. The summed E-state index contributed by atoms with van der Waals surface area (Å²) in [5.74, 6) is -1.00. The highest BCUT2D eigenvalue weighted by Gasteiger charge is 2.02. The molecule has 0 atom stereocenters. The Balaban J connectivity index is -0.000000504. The van der Waals surface area contributed by atoms with E-state index in [-0.39, 0.29) is 25.2 Å². The highest BCUT2D eigenvalue weighted by Crippen LogP contribution is 2.10. The highest BCUT2D eigenvalue weighted by atomic mass is 16.5. The van der Waals surface area contributed by atoms with Gasteiger partial charge in [0, 0.05) is 29.7 Å². The van der Waals surface area contributed by atoms with Crippen LogP contribution in [-0.2, 0) is 28.6 Å². The monoisotopic (exact) mass is 498 g/mol. The number of hydrogen-bond donors (Lipinski definition) is 1. The van der Waals surface area contributed by atoms with E-state index < -0.39 is 5.97 Å². The molecule has 7 heteroatoms. The van der Waals surface area contributed by atoms with Crippen LogP contribution in [0, 0.1) is 0 Å². The first kappa shape index (κ1) is 37.1. The smallest absolute Gasteiger partial charge is 0.333 e. The second kappa shape index (κ2) is 27.8. The van der Waals surface area contributed by atoms with Crippen molar-refractivity contribution in [2.24, 2.45) is 0 Å². The number of rotatable bonds is 17. The number of methoxy groups -OCH3 is 1. The summed E-state index contributed by atoms with van der Waals surface area (Å²) in [6.07, 6.45) is 13.4. The fourth-order valence-corrected chi connectivity index (χ4v) is 2.40. The number of ether oxygens (including phenoxy) is 3. The molecule has 0 aliphatic rings. The lowest BCUT2D eigenvalue weighted by atomic mass is 10.1. The van der Waals surface area contributed by atoms with Crippen LogP contribution < -0.4 is 0 Å². The van der Waals surface area contributed by atoms with E-state index in [0.717, 1.165) is 6.42 Å². The summed E-state index contributed by atoms with van der Waals surface area (Å²) in [7, 11) is 1.33. The van der Waals surface area contributed by atoms with Gasteiger partial charge in [0.2, 0.25) is 0 Å². The van der Waals surface area contributed by atoms with Gasteiger partial charge in [-0.2, -0.15) is 0 Å². The summed E-state index contributed by atoms with van der Waals surface area (Å²) in [6, 6.07) is 0. The fraction of sp³-hybridized carbons (Fsp3) is 0.679. The molecule has 0 aliphatic carbocycles. The lowest BCUT2D eigenvalue weighted by molar-refractivity contribution is -0.140. The third-order valence-electron chi connectivity index (χ3n) is 4.50. The normalized spacial score (nSPS) is 9.43. The van der Waals surface area contributed by atoms with E-state index in [9.17, 15) is 14.4 Å². The molecule has 0 bridgehead atoms. The Morgan fingerprint density at radius 1 is 0.600 bits per heavy atom. The molecule has 0 amide bonds. The van der Waals surface area contributed by atoms with Crippen LogP contribution in [0.15, 0.2) is 36.5 Å². The summed E-state index contributed by atoms with van der Waals surface area (Å²) < 4.78 is 14.0. The van der Waals surface area contributed by atoms with Gasteiger partial charge in [0.05, 0.1) is 20.3 Å². The van der Waals surface area contributed by atoms with E-state index in [1.54, 1.807) is 20.8 Å². The minimum Gasteiger partial charge on any atom is -0.466 e. The van der Waals surface area contributed by atoms with Gasteiger partial charge in [-0.25, -0.2) is 14.4 Å². The van der Waals surface area contributed by atoms with E-state index in [2.05, 4.69) is 36.1 Å². The average Bonchev–Trinajstić information content (AvgIpc) is 2.82. The number of aliphatic hydroxyl groups is 1. The SMILES string of the molecule is C=C(C)C(=O)OC.C=C(C)C(=O)OCCCCCCCCCCCC.C=C(C)C(=O)OCCCO. The summed E-state index contributed by atoms with van der Waals surface area (Å²) in [4.78, 5) is 31.9. The molecule has 0 fully saturated rings. The van der Waals surface area contributed by atoms with Crippen LogP contribution in [0.25, 0.3) is 0 Å². The van der Waals surface area contributed by atoms with Crippen LogP contribution in [0.1, 0.15) is 98.3 Å². The van der Waals surface area contributed by atoms with Crippen LogP contribution in [0.3, 0.4) is 0 Å². The largest absolute Gasteiger partial charge is 0.466 e. The lowest BCUT2D eigenvalue weighted by Gasteiger charge is -2.04. The minimum absolute atomic E-state index is 0.0451. The fourth-order valence-electron chi connectivity index (χ4n) is 2.40. The quantitative estimate of drug-likeness (QED) is 0.109. The second-order valence-electron chi connectivity index (χ2n) is 8.36. The molecule has 1 N–H and O–H groups in total. The van der Waals surface area contributed by atoms with Crippen LogP contribution in [0.4, 0.5) is 0 Å². The van der Waals surface area contributed by atoms with Crippen molar-refractivity contribution >= 4 is 17.9 Å². The molecule has 0 rings (SSSR count). The third kappa shape index (κ3) is 31.6. The van der Waals surface area contributed by atoms with Gasteiger partial charge in [0.25, 0.3) is 0 Å². The number of carbonyl (C=O) groups excluding carboxylic acids is 3. The molecule has 0 aliphatic heterocycles. The molecule has 0 saturated carbocycles. The molecular weight excluding hydrogens is 448 g/mol. The Morgan fingerprint density at radius 3 is 1.23 bits per heavy atom. The topological polar surface area (TPSA) is 99.1 Å². The molecule has 35 heavy (non-hydrogen) atoms. The first-order valence-corrected chi connectivity index (χ1v) is 12.5. The summed E-state index contributed by atoms with van der Waals surface area (Å²) in [6.45, 7) is 18.3. The molecule has 0 saturated heterocycles. The molecule has 0 aromatic heterocycles. The Bertz CT molecular complexity index is 608. The number of aliphatic hydroxyl groups excluding tert-OH is 1. The van der Waals surface area contributed by atoms with Crippen molar-refractivity contribution in [2.75, 3.05) is 26.9 Å². The van der Waals surface area contributed by atoms with Gasteiger partial charge in [-0.1, -0.05) is 84.4 Å². The number of unbranched alkanes of at least 4 members (excludes halogenated alkanes) is 9. The average molecular weight is 499 g/mol. The van der Waals surface area contributed by atoms with Gasteiger partial charge in [-0.3, -0.25) is 0 Å². The van der Waals surface area contributed by atoms with Gasteiger partial charge >= 0.3 is 17.9 Å². The first-order valence-electron chi connectivity index (χ1n) is 12.5. The maximum absolute atomic E-state index is 11.1. The third-order valence-corrected chi connectivity index (χ3v) is 4.50. The number of esters is 3. The molecule has 0 aromatic rings. The Hall–Kier alpha value is -2.41. The zero-order chi connectivity index (χ0) is 27.5. The molecule has 0 radical (unpaired) electrons. The maximum Gasteiger partial charge on any atom is 0.333 e. The zero-order valence-corrected chi connectivity index (χ0v) is 22.9. The van der Waals surface area contributed by atoms with Gasteiger partial charge in [0.1, 0.15) is 0 Å². The highest BCUT2D eigenvalue weighted by molar-refractivity contribution is 5.87. The van der Waals surface area contributed by atoms with Crippen LogP contribution in [0.2, 0.25) is 0 Å². The van der Waals surface area contributed by atoms with Gasteiger partial charge < -0.3 is 19.3 Å². The van der Waals surface area contributed by atoms with Crippen molar-refractivity contribution < 1.29 is 33.7 Å². The number of carbonyl (C=O) groups is 3. The molecule has 0 heterocycles. The maximum atomic E-state index is 11.1. The first-order chi connectivity index (χ1) is 16.5. The van der Waals surface area contributed by atoms with Crippen LogP contribution >= 0.6 is 0 Å². The molecular formula is C28H50O7. The van der Waals surface area contributed by atoms with Crippen molar-refractivity contribution in [2.45, 2.75) is 98.3 Å². The Labute approximate surface area is 213 Å². The van der Waals surface area contributed by atoms with E-state index in [1.165, 1.54) is 64.9 Å². The summed E-state index contributed by atoms with van der Waals surface area (Å²) in [5, 5.41) is 8.30. The van der Waals surface area contributed by atoms with Gasteiger partial charge in [-0.05, 0) is 27.2 Å². The molecule has 0 aromatic carbocycles. The van der Waals surface area contributed by atoms with Gasteiger partial charge in [-0.15, -0.1) is 0 Å². The Kier molecular flexibility index (Phi) is 29.5. The molecule has 0 spiro atoms. The summed E-state index contributed by atoms with van der Waals surface area (Å²) >= 11 is 0. The van der Waals surface area contributed by atoms with Crippen molar-refractivity contribution in [1.29, 1.82) is 0 Å². The Morgan fingerprint density at radius 2 is 0.943 bits per heavy atom. The minimum atomic E-state index is -0.395.